The standard InChI is InChI=1S/C16H19N3O4/c1-10(20)19-6-4-12(5-7-19)15(21)17-9-11-2-3-13-14(8-11)23-16(22)18-13/h2-3,8,12H,4-7,9H2,1H3,(H,17,21)(H,18,22). The molecule has 0 saturated carbocycles. The van der Waals surface area contributed by atoms with E-state index in [9.17, 15) is 14.4 Å². The Morgan fingerprint density at radius 2 is 2.09 bits per heavy atom. The second-order valence-electron chi connectivity index (χ2n) is 5.84. The minimum absolute atomic E-state index is 0.00354. The van der Waals surface area contributed by atoms with Gasteiger partial charge in [0.05, 0.1) is 5.52 Å². The molecule has 0 aliphatic carbocycles. The molecule has 0 radical (unpaired) electrons. The average Bonchev–Trinajstić information content (AvgIpc) is 2.92. The minimum atomic E-state index is -0.488. The van der Waals surface area contributed by atoms with Crippen LogP contribution in [0, 0.1) is 5.92 Å². The first-order chi connectivity index (χ1) is 11.0. The van der Waals surface area contributed by atoms with E-state index in [-0.39, 0.29) is 17.7 Å². The van der Waals surface area contributed by atoms with Crippen molar-refractivity contribution in [2.75, 3.05) is 13.1 Å². The Morgan fingerprint density at radius 3 is 2.78 bits per heavy atom. The third-order valence-electron chi connectivity index (χ3n) is 4.26. The number of carbonyl (C=O) groups is 2. The number of benzene rings is 1. The predicted octanol–water partition coefficient (Wildman–Crippen LogP) is 0.996. The fraction of sp³-hybridized carbons (Fsp3) is 0.438. The molecule has 2 heterocycles. The van der Waals surface area contributed by atoms with Crippen LogP contribution in [0.3, 0.4) is 0 Å². The molecule has 1 fully saturated rings. The summed E-state index contributed by atoms with van der Waals surface area (Å²) in [7, 11) is 0. The Bertz CT molecular complexity index is 784. The SMILES string of the molecule is CC(=O)N1CCC(C(=O)NCc2ccc3[nH]c(=O)oc3c2)CC1. The van der Waals surface area contributed by atoms with Crippen molar-refractivity contribution in [1.82, 2.24) is 15.2 Å². The molecular formula is C16H19N3O4. The first-order valence-electron chi connectivity index (χ1n) is 7.68. The lowest BCUT2D eigenvalue weighted by Crippen LogP contribution is -2.42. The van der Waals surface area contributed by atoms with Gasteiger partial charge in [-0.1, -0.05) is 6.07 Å². The van der Waals surface area contributed by atoms with Gasteiger partial charge < -0.3 is 14.6 Å². The van der Waals surface area contributed by atoms with Crippen molar-refractivity contribution in [3.63, 3.8) is 0 Å². The topological polar surface area (TPSA) is 95.4 Å². The first-order valence-corrected chi connectivity index (χ1v) is 7.68. The van der Waals surface area contributed by atoms with Crippen molar-refractivity contribution in [2.45, 2.75) is 26.3 Å². The van der Waals surface area contributed by atoms with Gasteiger partial charge in [0.1, 0.15) is 0 Å². The van der Waals surface area contributed by atoms with E-state index in [1.54, 1.807) is 24.0 Å². The van der Waals surface area contributed by atoms with E-state index >= 15 is 0 Å². The third kappa shape index (κ3) is 3.44. The first kappa shape index (κ1) is 15.3. The molecule has 0 atom stereocenters. The molecule has 0 bridgehead atoms. The number of aromatic nitrogens is 1. The zero-order chi connectivity index (χ0) is 16.4. The summed E-state index contributed by atoms with van der Waals surface area (Å²) in [4.78, 5) is 39.0. The number of nitrogens with zero attached hydrogens (tertiary/aromatic N) is 1. The number of hydrogen-bond acceptors (Lipinski definition) is 4. The van der Waals surface area contributed by atoms with Crippen molar-refractivity contribution in [1.29, 1.82) is 0 Å². The number of aromatic amines is 1. The summed E-state index contributed by atoms with van der Waals surface area (Å²) in [5.41, 5.74) is 1.99. The Hall–Kier alpha value is -2.57. The molecule has 2 amide bonds. The van der Waals surface area contributed by atoms with Gasteiger partial charge in [-0.3, -0.25) is 14.6 Å². The molecule has 1 aliphatic heterocycles. The highest BCUT2D eigenvalue weighted by Crippen LogP contribution is 2.18. The highest BCUT2D eigenvalue weighted by molar-refractivity contribution is 5.80. The van der Waals surface area contributed by atoms with E-state index in [1.807, 2.05) is 6.07 Å². The van der Waals surface area contributed by atoms with Gasteiger partial charge in [-0.2, -0.15) is 0 Å². The van der Waals surface area contributed by atoms with Gasteiger partial charge in [0.15, 0.2) is 5.58 Å². The molecule has 122 valence electrons. The van der Waals surface area contributed by atoms with E-state index < -0.39 is 5.76 Å². The zero-order valence-corrected chi connectivity index (χ0v) is 12.9. The largest absolute Gasteiger partial charge is 0.417 e. The van der Waals surface area contributed by atoms with E-state index in [0.29, 0.717) is 43.6 Å². The fourth-order valence-electron chi connectivity index (χ4n) is 2.89. The number of piperidine rings is 1. The summed E-state index contributed by atoms with van der Waals surface area (Å²) >= 11 is 0. The van der Waals surface area contributed by atoms with Crippen LogP contribution in [0.5, 0.6) is 0 Å². The van der Waals surface area contributed by atoms with Crippen LogP contribution >= 0.6 is 0 Å². The molecule has 2 N–H and O–H groups in total. The number of hydrogen-bond donors (Lipinski definition) is 2. The third-order valence-corrected chi connectivity index (χ3v) is 4.26. The number of H-pyrrole nitrogens is 1. The fourth-order valence-corrected chi connectivity index (χ4v) is 2.89. The number of nitrogens with one attached hydrogen (secondary N) is 2. The summed E-state index contributed by atoms with van der Waals surface area (Å²) in [5.74, 6) is -0.480. The molecule has 1 aromatic carbocycles. The quantitative estimate of drug-likeness (QED) is 0.882. The van der Waals surface area contributed by atoms with Crippen molar-refractivity contribution in [2.24, 2.45) is 5.92 Å². The molecule has 3 rings (SSSR count). The molecule has 1 saturated heterocycles. The maximum absolute atomic E-state index is 12.2. The van der Waals surface area contributed by atoms with Gasteiger partial charge in [-0.15, -0.1) is 0 Å². The minimum Gasteiger partial charge on any atom is -0.408 e. The number of carbonyl (C=O) groups excluding carboxylic acids is 2. The lowest BCUT2D eigenvalue weighted by Gasteiger charge is -2.30. The van der Waals surface area contributed by atoms with Gasteiger partial charge in [0.25, 0.3) is 0 Å². The van der Waals surface area contributed by atoms with E-state index in [4.69, 9.17) is 4.42 Å². The van der Waals surface area contributed by atoms with Gasteiger partial charge in [-0.25, -0.2) is 4.79 Å². The monoisotopic (exact) mass is 317 g/mol. The maximum atomic E-state index is 12.2. The molecule has 2 aromatic rings. The Kier molecular flexibility index (Phi) is 4.18. The number of oxazole rings is 1. The smallest absolute Gasteiger partial charge is 0.408 e. The van der Waals surface area contributed by atoms with Gasteiger partial charge in [-0.05, 0) is 30.5 Å². The Labute approximate surface area is 132 Å². The molecule has 0 spiro atoms. The normalized spacial score (nSPS) is 15.8. The van der Waals surface area contributed by atoms with Crippen LogP contribution in [0.25, 0.3) is 11.1 Å². The van der Waals surface area contributed by atoms with Crippen LogP contribution in [0.4, 0.5) is 0 Å². The van der Waals surface area contributed by atoms with Crippen molar-refractivity contribution >= 4 is 22.9 Å². The lowest BCUT2D eigenvalue weighted by molar-refractivity contribution is -0.134. The highest BCUT2D eigenvalue weighted by Gasteiger charge is 2.25. The van der Waals surface area contributed by atoms with Crippen LogP contribution in [-0.4, -0.2) is 34.8 Å². The predicted molar refractivity (Wildman–Crippen MR) is 83.7 cm³/mol. The van der Waals surface area contributed by atoms with Gasteiger partial charge in [0, 0.05) is 32.5 Å². The van der Waals surface area contributed by atoms with Crippen molar-refractivity contribution in [3.05, 3.63) is 34.3 Å². The Morgan fingerprint density at radius 1 is 1.35 bits per heavy atom. The van der Waals surface area contributed by atoms with Crippen LogP contribution in [0.1, 0.15) is 25.3 Å². The lowest BCUT2D eigenvalue weighted by atomic mass is 9.96. The summed E-state index contributed by atoms with van der Waals surface area (Å²) in [6, 6.07) is 5.34. The summed E-state index contributed by atoms with van der Waals surface area (Å²) in [6.45, 7) is 3.20. The van der Waals surface area contributed by atoms with Crippen LogP contribution < -0.4 is 11.1 Å². The van der Waals surface area contributed by atoms with Crippen LogP contribution in [0.2, 0.25) is 0 Å². The number of rotatable bonds is 3. The van der Waals surface area contributed by atoms with Crippen molar-refractivity contribution in [3.8, 4) is 0 Å². The average molecular weight is 317 g/mol. The Balaban J connectivity index is 1.56. The van der Waals surface area contributed by atoms with E-state index in [0.717, 1.165) is 5.56 Å². The molecule has 0 unspecified atom stereocenters. The number of fused-ring (bicyclic) bond motifs is 1. The molecule has 7 nitrogen and oxygen atoms in total. The summed E-state index contributed by atoms with van der Waals surface area (Å²) < 4.78 is 5.00. The molecule has 23 heavy (non-hydrogen) atoms. The number of likely N-dealkylation sites (tertiary alicyclic amines) is 1. The van der Waals surface area contributed by atoms with Crippen LogP contribution in [0.15, 0.2) is 27.4 Å². The second kappa shape index (κ2) is 6.28. The number of amides is 2. The summed E-state index contributed by atoms with van der Waals surface area (Å²) in [5, 5.41) is 2.91. The van der Waals surface area contributed by atoms with Crippen LogP contribution in [-0.2, 0) is 16.1 Å². The second-order valence-corrected chi connectivity index (χ2v) is 5.84. The molecule has 1 aliphatic rings. The van der Waals surface area contributed by atoms with E-state index in [1.165, 1.54) is 0 Å². The zero-order valence-electron chi connectivity index (χ0n) is 12.9. The molecule has 7 heteroatoms. The highest BCUT2D eigenvalue weighted by atomic mass is 16.4. The molecular weight excluding hydrogens is 298 g/mol. The van der Waals surface area contributed by atoms with Crippen molar-refractivity contribution < 1.29 is 14.0 Å². The van der Waals surface area contributed by atoms with Gasteiger partial charge >= 0.3 is 5.76 Å². The maximum Gasteiger partial charge on any atom is 0.417 e. The summed E-state index contributed by atoms with van der Waals surface area (Å²) in [6.07, 6.45) is 1.38. The molecule has 1 aromatic heterocycles. The van der Waals surface area contributed by atoms with Gasteiger partial charge in [0.2, 0.25) is 11.8 Å². The van der Waals surface area contributed by atoms with E-state index in [2.05, 4.69) is 10.3 Å².